The Kier molecular flexibility index (Phi) is 5.37. The Bertz CT molecular complexity index is 624. The molecular weight excluding hydrogens is 329 g/mol. The lowest BCUT2D eigenvalue weighted by Crippen LogP contribution is -2.42. The van der Waals surface area contributed by atoms with Gasteiger partial charge >= 0.3 is 6.18 Å². The number of carbonyl (C=O) groups excluding carboxylic acids is 1. The van der Waals surface area contributed by atoms with Crippen molar-refractivity contribution in [1.29, 1.82) is 0 Å². The van der Waals surface area contributed by atoms with Crippen molar-refractivity contribution < 1.29 is 18.0 Å². The molecule has 3 nitrogen and oxygen atoms in total. The largest absolute Gasteiger partial charge is 0.416 e. The molecule has 2 aliphatic rings. The number of likely N-dealkylation sites (tertiary alicyclic amines) is 1. The molecule has 0 spiro atoms. The van der Waals surface area contributed by atoms with Crippen molar-refractivity contribution in [2.75, 3.05) is 19.6 Å². The van der Waals surface area contributed by atoms with Crippen LogP contribution in [0.2, 0.25) is 0 Å². The summed E-state index contributed by atoms with van der Waals surface area (Å²) in [6, 6.07) is 4.09. The van der Waals surface area contributed by atoms with E-state index in [2.05, 4.69) is 5.32 Å². The van der Waals surface area contributed by atoms with E-state index in [0.717, 1.165) is 25.3 Å². The molecule has 2 heterocycles. The van der Waals surface area contributed by atoms with Gasteiger partial charge in [0.05, 0.1) is 5.56 Å². The van der Waals surface area contributed by atoms with Gasteiger partial charge in [0.2, 0.25) is 0 Å². The molecule has 2 aliphatic heterocycles. The van der Waals surface area contributed by atoms with Gasteiger partial charge in [-0.1, -0.05) is 0 Å². The molecule has 25 heavy (non-hydrogen) atoms. The van der Waals surface area contributed by atoms with Crippen LogP contribution in [-0.2, 0) is 6.18 Å². The number of alkyl halides is 3. The van der Waals surface area contributed by atoms with Crippen LogP contribution in [-0.4, -0.2) is 36.5 Å². The molecule has 138 valence electrons. The van der Waals surface area contributed by atoms with Crippen LogP contribution in [0.1, 0.15) is 66.4 Å². The summed E-state index contributed by atoms with van der Waals surface area (Å²) in [5.74, 6) is -0.291. The van der Waals surface area contributed by atoms with Gasteiger partial charge in [-0.3, -0.25) is 4.79 Å². The van der Waals surface area contributed by atoms with Crippen LogP contribution in [0.3, 0.4) is 0 Å². The van der Waals surface area contributed by atoms with E-state index in [-0.39, 0.29) is 23.4 Å². The van der Waals surface area contributed by atoms with E-state index in [0.29, 0.717) is 38.0 Å². The fourth-order valence-corrected chi connectivity index (χ4v) is 3.99. The molecule has 0 radical (unpaired) electrons. The highest BCUT2D eigenvalue weighted by Crippen LogP contribution is 2.38. The lowest BCUT2D eigenvalue weighted by atomic mass is 9.85. The van der Waals surface area contributed by atoms with Crippen LogP contribution in [0.5, 0.6) is 0 Å². The summed E-state index contributed by atoms with van der Waals surface area (Å²) in [5.41, 5.74) is 0.0717. The molecule has 6 heteroatoms. The van der Waals surface area contributed by atoms with Gasteiger partial charge in [-0.05, 0) is 81.8 Å². The first-order chi connectivity index (χ1) is 11.9. The van der Waals surface area contributed by atoms with Crippen LogP contribution < -0.4 is 5.32 Å². The van der Waals surface area contributed by atoms with Crippen LogP contribution in [0.25, 0.3) is 0 Å². The molecule has 0 aliphatic carbocycles. The normalized spacial score (nSPS) is 22.9. The number of rotatable bonds is 2. The number of nitrogens with zero attached hydrogens (tertiary/aromatic N) is 1. The van der Waals surface area contributed by atoms with Gasteiger partial charge < -0.3 is 10.2 Å². The number of halogens is 3. The zero-order valence-electron chi connectivity index (χ0n) is 14.5. The van der Waals surface area contributed by atoms with Gasteiger partial charge in [0.25, 0.3) is 5.91 Å². The molecule has 1 aromatic carbocycles. The van der Waals surface area contributed by atoms with E-state index in [9.17, 15) is 18.0 Å². The van der Waals surface area contributed by atoms with Crippen molar-refractivity contribution in [2.45, 2.75) is 57.2 Å². The summed E-state index contributed by atoms with van der Waals surface area (Å²) >= 11 is 0. The minimum atomic E-state index is -4.39. The van der Waals surface area contributed by atoms with E-state index in [1.54, 1.807) is 4.90 Å². The predicted molar refractivity (Wildman–Crippen MR) is 90.6 cm³/mol. The molecule has 0 aromatic heterocycles. The maximum Gasteiger partial charge on any atom is 0.416 e. The zero-order valence-corrected chi connectivity index (χ0v) is 14.5. The SMILES string of the molecule is CC1CCCCN1C(=O)c1ccc(C(F)(F)F)c(C2CCNCC2)c1. The summed E-state index contributed by atoms with van der Waals surface area (Å²) in [4.78, 5) is 14.6. The van der Waals surface area contributed by atoms with Crippen molar-refractivity contribution in [1.82, 2.24) is 10.2 Å². The molecule has 2 saturated heterocycles. The highest BCUT2D eigenvalue weighted by molar-refractivity contribution is 5.94. The molecule has 1 aromatic rings. The molecule has 1 N–H and O–H groups in total. The van der Waals surface area contributed by atoms with E-state index in [1.165, 1.54) is 12.1 Å². The molecule has 1 unspecified atom stereocenters. The van der Waals surface area contributed by atoms with Gasteiger partial charge in [0, 0.05) is 18.2 Å². The molecular formula is C19H25F3N2O. The zero-order chi connectivity index (χ0) is 18.0. The Hall–Kier alpha value is -1.56. The van der Waals surface area contributed by atoms with Gasteiger partial charge in [-0.15, -0.1) is 0 Å². The van der Waals surface area contributed by atoms with Gasteiger partial charge in [-0.2, -0.15) is 13.2 Å². The van der Waals surface area contributed by atoms with Crippen LogP contribution in [0, 0.1) is 0 Å². The first kappa shape index (κ1) is 18.2. The number of amides is 1. The highest BCUT2D eigenvalue weighted by Gasteiger charge is 2.36. The van der Waals surface area contributed by atoms with Crippen LogP contribution in [0.4, 0.5) is 13.2 Å². The standard InChI is InChI=1S/C19H25F3N2O/c1-13-4-2-3-11-24(13)18(25)15-5-6-17(19(20,21)22)16(12-15)14-7-9-23-10-8-14/h5-6,12-14,23H,2-4,7-11H2,1H3. The van der Waals surface area contributed by atoms with Crippen molar-refractivity contribution in [2.24, 2.45) is 0 Å². The molecule has 0 saturated carbocycles. The molecule has 1 amide bonds. The smallest absolute Gasteiger partial charge is 0.336 e. The van der Waals surface area contributed by atoms with Gasteiger partial charge in [-0.25, -0.2) is 0 Å². The van der Waals surface area contributed by atoms with E-state index < -0.39 is 11.7 Å². The Morgan fingerprint density at radius 2 is 1.88 bits per heavy atom. The minimum Gasteiger partial charge on any atom is -0.336 e. The van der Waals surface area contributed by atoms with Gasteiger partial charge in [0.15, 0.2) is 0 Å². The van der Waals surface area contributed by atoms with E-state index in [4.69, 9.17) is 0 Å². The second-order valence-corrected chi connectivity index (χ2v) is 7.17. The fraction of sp³-hybridized carbons (Fsp3) is 0.632. The van der Waals surface area contributed by atoms with Crippen molar-refractivity contribution in [3.63, 3.8) is 0 Å². The molecule has 2 fully saturated rings. The second-order valence-electron chi connectivity index (χ2n) is 7.17. The Balaban J connectivity index is 1.94. The fourth-order valence-electron chi connectivity index (χ4n) is 3.99. The van der Waals surface area contributed by atoms with Crippen molar-refractivity contribution in [3.8, 4) is 0 Å². The predicted octanol–water partition coefficient (Wildman–Crippen LogP) is 4.19. The third-order valence-electron chi connectivity index (χ3n) is 5.45. The Labute approximate surface area is 146 Å². The number of carbonyl (C=O) groups is 1. The van der Waals surface area contributed by atoms with Gasteiger partial charge in [0.1, 0.15) is 0 Å². The van der Waals surface area contributed by atoms with Crippen molar-refractivity contribution >= 4 is 5.91 Å². The number of benzene rings is 1. The second kappa shape index (κ2) is 7.36. The summed E-state index contributed by atoms with van der Waals surface area (Å²) in [7, 11) is 0. The average molecular weight is 354 g/mol. The first-order valence-corrected chi connectivity index (χ1v) is 9.11. The highest BCUT2D eigenvalue weighted by atomic mass is 19.4. The van der Waals surface area contributed by atoms with Crippen LogP contribution >= 0.6 is 0 Å². The maximum absolute atomic E-state index is 13.4. The summed E-state index contributed by atoms with van der Waals surface area (Å²) < 4.78 is 40.3. The first-order valence-electron chi connectivity index (χ1n) is 9.11. The summed E-state index contributed by atoms with van der Waals surface area (Å²) in [5, 5.41) is 3.18. The van der Waals surface area contributed by atoms with E-state index in [1.807, 2.05) is 6.92 Å². The third kappa shape index (κ3) is 4.00. The quantitative estimate of drug-likeness (QED) is 0.864. The average Bonchev–Trinajstić information content (AvgIpc) is 2.61. The Morgan fingerprint density at radius 1 is 1.16 bits per heavy atom. The number of nitrogens with one attached hydrogen (secondary N) is 1. The minimum absolute atomic E-state index is 0.142. The topological polar surface area (TPSA) is 32.3 Å². The maximum atomic E-state index is 13.4. The monoisotopic (exact) mass is 354 g/mol. The Morgan fingerprint density at radius 3 is 2.52 bits per heavy atom. The molecule has 3 rings (SSSR count). The van der Waals surface area contributed by atoms with Crippen molar-refractivity contribution in [3.05, 3.63) is 34.9 Å². The molecule has 0 bridgehead atoms. The van der Waals surface area contributed by atoms with E-state index >= 15 is 0 Å². The van der Waals surface area contributed by atoms with Crippen LogP contribution in [0.15, 0.2) is 18.2 Å². The lowest BCUT2D eigenvalue weighted by Gasteiger charge is -2.34. The number of hydrogen-bond donors (Lipinski definition) is 1. The number of hydrogen-bond acceptors (Lipinski definition) is 2. The summed E-state index contributed by atoms with van der Waals surface area (Å²) in [6.07, 6.45) is -0.0500. The molecule has 1 atom stereocenters. The third-order valence-corrected chi connectivity index (χ3v) is 5.45. The number of piperidine rings is 2. The lowest BCUT2D eigenvalue weighted by molar-refractivity contribution is -0.138. The summed E-state index contributed by atoms with van der Waals surface area (Å²) in [6.45, 7) is 4.12.